The highest BCUT2D eigenvalue weighted by molar-refractivity contribution is 6.91. The van der Waals surface area contributed by atoms with Crippen LogP contribution < -0.4 is 0 Å². The van der Waals surface area contributed by atoms with E-state index in [0.717, 1.165) is 0 Å². The van der Waals surface area contributed by atoms with E-state index in [1.165, 1.54) is 10.4 Å². The number of hydrogen-bond donors (Lipinski definition) is 0. The molecule has 0 aromatic heterocycles. The molecule has 0 unspecified atom stereocenters. The Hall–Kier alpha value is -1.43. The normalized spacial score (nSPS) is 18.5. The lowest BCUT2D eigenvalue weighted by atomic mass is 10.4. The van der Waals surface area contributed by atoms with Crippen molar-refractivity contribution < 1.29 is 0 Å². The van der Waals surface area contributed by atoms with Gasteiger partial charge in [0.05, 0.1) is 8.07 Å². The third-order valence-electron chi connectivity index (χ3n) is 2.88. The first kappa shape index (κ1) is 10.1. The molecule has 76 valence electrons. The van der Waals surface area contributed by atoms with Crippen molar-refractivity contribution in [3.05, 3.63) is 71.2 Å². The van der Waals surface area contributed by atoms with Gasteiger partial charge in [-0.2, -0.15) is 24.6 Å². The van der Waals surface area contributed by atoms with Gasteiger partial charge in [0.2, 0.25) is 0 Å². The molecule has 0 aromatic carbocycles. The Labute approximate surface area is 92.7 Å². The zero-order valence-electron chi connectivity index (χ0n) is 9.20. The molecule has 2 rings (SSSR count). The topological polar surface area (TPSA) is 0 Å². The van der Waals surface area contributed by atoms with Crippen molar-refractivity contribution in [3.63, 3.8) is 0 Å². The molecule has 0 radical (unpaired) electrons. The fourth-order valence-electron chi connectivity index (χ4n) is 1.79. The molecule has 0 saturated heterocycles. The quantitative estimate of drug-likeness (QED) is 0.371. The van der Waals surface area contributed by atoms with E-state index in [-0.39, 0.29) is 0 Å². The molecule has 0 atom stereocenters. The summed E-state index contributed by atoms with van der Waals surface area (Å²) in [6.45, 7) is 4.74. The first-order chi connectivity index (χ1) is 7.21. The van der Waals surface area contributed by atoms with Gasteiger partial charge in [0.25, 0.3) is 0 Å². The first-order valence-electron chi connectivity index (χ1n) is 5.24. The van der Waals surface area contributed by atoms with Gasteiger partial charge in [-0.3, -0.25) is 0 Å². The summed E-state index contributed by atoms with van der Waals surface area (Å²) in [5.74, 6) is 0. The summed E-state index contributed by atoms with van der Waals surface area (Å²) in [6.07, 6.45) is 19.1. The van der Waals surface area contributed by atoms with Gasteiger partial charge >= 0.3 is 0 Å². The molecule has 1 heteroatoms. The van der Waals surface area contributed by atoms with E-state index in [2.05, 4.69) is 67.8 Å². The van der Waals surface area contributed by atoms with Crippen LogP contribution in [0.1, 0.15) is 0 Å². The minimum Gasteiger partial charge on any atom is -0.172 e. The maximum Gasteiger partial charge on any atom is 0.0638 e. The monoisotopic (exact) mass is 211 g/mol. The lowest BCUT2D eigenvalue weighted by Crippen LogP contribution is -2.30. The molecule has 0 heterocycles. The van der Waals surface area contributed by atoms with E-state index in [4.69, 9.17) is 0 Å². The van der Waals surface area contributed by atoms with Crippen LogP contribution in [-0.4, -0.2) is 8.07 Å². The van der Waals surface area contributed by atoms with Crippen molar-refractivity contribution in [1.29, 1.82) is 0 Å². The Morgan fingerprint density at radius 1 is 1.13 bits per heavy atom. The van der Waals surface area contributed by atoms with Crippen molar-refractivity contribution in [2.24, 2.45) is 0 Å². The Kier molecular flexibility index (Phi) is 2.68. The molecule has 0 bridgehead atoms. The van der Waals surface area contributed by atoms with E-state index in [1.807, 2.05) is 6.08 Å². The fraction of sp³-hybridized carbons (Fsp3) is 0.143. The van der Waals surface area contributed by atoms with Crippen LogP contribution in [-0.2, 0) is 0 Å². The average Bonchev–Trinajstić information content (AvgIpc) is 2.61. The molecule has 0 fully saturated rings. The molecule has 0 amide bonds. The number of hydrogen-bond acceptors (Lipinski definition) is 0. The summed E-state index contributed by atoms with van der Waals surface area (Å²) in [7, 11) is -1.51. The number of rotatable bonds is 2. The van der Waals surface area contributed by atoms with Crippen LogP contribution in [0.2, 0.25) is 13.1 Å². The molecular formula is C14H15Si-. The van der Waals surface area contributed by atoms with Crippen molar-refractivity contribution in [3.8, 4) is 0 Å². The Morgan fingerprint density at radius 3 is 2.73 bits per heavy atom. The van der Waals surface area contributed by atoms with Crippen molar-refractivity contribution in [1.82, 2.24) is 0 Å². The maximum absolute atomic E-state index is 3.35. The summed E-state index contributed by atoms with van der Waals surface area (Å²) < 4.78 is 0. The average molecular weight is 211 g/mol. The van der Waals surface area contributed by atoms with Gasteiger partial charge in [0.15, 0.2) is 0 Å². The second-order valence-electron chi connectivity index (χ2n) is 4.27. The zero-order valence-corrected chi connectivity index (χ0v) is 10.2. The van der Waals surface area contributed by atoms with Gasteiger partial charge in [-0.15, -0.1) is 23.1 Å². The predicted octanol–water partition coefficient (Wildman–Crippen LogP) is 3.68. The smallest absolute Gasteiger partial charge is 0.0638 e. The highest BCUT2D eigenvalue weighted by Crippen LogP contribution is 2.27. The second kappa shape index (κ2) is 3.97. The van der Waals surface area contributed by atoms with Crippen molar-refractivity contribution >= 4 is 8.07 Å². The summed E-state index contributed by atoms with van der Waals surface area (Å²) >= 11 is 0. The van der Waals surface area contributed by atoms with Crippen LogP contribution in [0.25, 0.3) is 0 Å². The molecule has 0 aliphatic heterocycles. The molecule has 0 spiro atoms. The fourth-order valence-corrected chi connectivity index (χ4v) is 4.09. The van der Waals surface area contributed by atoms with Crippen molar-refractivity contribution in [2.45, 2.75) is 13.1 Å². The highest BCUT2D eigenvalue weighted by atomic mass is 28.3. The predicted molar refractivity (Wildman–Crippen MR) is 68.9 cm³/mol. The van der Waals surface area contributed by atoms with Gasteiger partial charge in [-0.1, -0.05) is 25.2 Å². The van der Waals surface area contributed by atoms with E-state index in [9.17, 15) is 0 Å². The van der Waals surface area contributed by atoms with E-state index in [1.54, 1.807) is 0 Å². The largest absolute Gasteiger partial charge is 0.172 e. The first-order valence-corrected chi connectivity index (χ1v) is 8.24. The van der Waals surface area contributed by atoms with Gasteiger partial charge < -0.3 is 0 Å². The van der Waals surface area contributed by atoms with Gasteiger partial charge in [-0.25, -0.2) is 0 Å². The Morgan fingerprint density at radius 2 is 2.00 bits per heavy atom. The van der Waals surface area contributed by atoms with E-state index in [0.29, 0.717) is 0 Å². The third-order valence-corrected chi connectivity index (χ3v) is 6.31. The molecule has 0 N–H and O–H groups in total. The van der Waals surface area contributed by atoms with Crippen LogP contribution >= 0.6 is 0 Å². The molecule has 2 aliphatic rings. The SMILES string of the molecule is C[Si](C)(C1=C=CC=C1)C1=C[CH-]C=CC=C1. The summed E-state index contributed by atoms with van der Waals surface area (Å²) in [6, 6.07) is 0. The highest BCUT2D eigenvalue weighted by Gasteiger charge is 2.24. The van der Waals surface area contributed by atoms with Crippen molar-refractivity contribution in [2.75, 3.05) is 0 Å². The molecular weight excluding hydrogens is 196 g/mol. The van der Waals surface area contributed by atoms with Gasteiger partial charge in [-0.05, 0) is 11.3 Å². The molecule has 0 nitrogen and oxygen atoms in total. The minimum atomic E-state index is -1.51. The molecule has 0 aromatic rings. The van der Waals surface area contributed by atoms with Crippen LogP contribution in [0.3, 0.4) is 0 Å². The zero-order chi connectivity index (χ0) is 10.7. The summed E-state index contributed by atoms with van der Waals surface area (Å²) in [5.41, 5.74) is 3.35. The number of allylic oxidation sites excluding steroid dienone is 9. The third kappa shape index (κ3) is 1.99. The summed E-state index contributed by atoms with van der Waals surface area (Å²) in [5, 5.41) is 2.84. The van der Waals surface area contributed by atoms with Crippen LogP contribution in [0.15, 0.2) is 64.7 Å². The lowest BCUT2D eigenvalue weighted by molar-refractivity contribution is 1.62. The molecule has 15 heavy (non-hydrogen) atoms. The molecule has 0 saturated carbocycles. The minimum absolute atomic E-state index is 1.38. The standard InChI is InChI=1S/C14H15Si/c1-15(2,14-11-7-8-12-14)13-9-5-3-4-6-10-13/h3-11H,1-2H3/q-1. The van der Waals surface area contributed by atoms with Gasteiger partial charge in [0, 0.05) is 0 Å². The maximum atomic E-state index is 3.35. The lowest BCUT2D eigenvalue weighted by Gasteiger charge is -2.28. The van der Waals surface area contributed by atoms with Crippen LogP contribution in [0.5, 0.6) is 0 Å². The summed E-state index contributed by atoms with van der Waals surface area (Å²) in [4.78, 5) is 0. The van der Waals surface area contributed by atoms with Crippen LogP contribution in [0.4, 0.5) is 0 Å². The van der Waals surface area contributed by atoms with Gasteiger partial charge in [0.1, 0.15) is 0 Å². The van der Waals surface area contributed by atoms with Crippen LogP contribution in [0, 0.1) is 6.42 Å². The Bertz CT molecular complexity index is 436. The second-order valence-corrected chi connectivity index (χ2v) is 8.63. The Balaban J connectivity index is 2.33. The van der Waals surface area contributed by atoms with E-state index < -0.39 is 8.07 Å². The van der Waals surface area contributed by atoms with E-state index >= 15 is 0 Å². The molecule has 2 aliphatic carbocycles.